The molecule has 0 spiro atoms. The van der Waals surface area contributed by atoms with E-state index in [0.29, 0.717) is 6.54 Å². The number of nitrogens with zero attached hydrogens (tertiary/aromatic N) is 1. The van der Waals surface area contributed by atoms with Gasteiger partial charge in [0.15, 0.2) is 0 Å². The first-order valence-corrected chi connectivity index (χ1v) is 6.16. The number of nitrogens with two attached hydrogens (primary N) is 1. The van der Waals surface area contributed by atoms with Gasteiger partial charge in [0.1, 0.15) is 5.75 Å². The Hall–Kier alpha value is -1.75. The lowest BCUT2D eigenvalue weighted by Gasteiger charge is -2.23. The van der Waals surface area contributed by atoms with E-state index in [9.17, 15) is 4.79 Å². The SMILES string of the molecule is COc1ccc(NC(=O)N2CCCC2CN)cc1. The lowest BCUT2D eigenvalue weighted by atomic mass is 10.2. The third-order valence-electron chi connectivity index (χ3n) is 3.25. The number of amides is 2. The molecule has 5 heteroatoms. The van der Waals surface area contributed by atoms with Crippen molar-refractivity contribution in [3.05, 3.63) is 24.3 Å². The van der Waals surface area contributed by atoms with Crippen LogP contribution in [-0.2, 0) is 0 Å². The number of hydrogen-bond donors (Lipinski definition) is 2. The van der Waals surface area contributed by atoms with Crippen LogP contribution in [0.15, 0.2) is 24.3 Å². The van der Waals surface area contributed by atoms with Gasteiger partial charge >= 0.3 is 6.03 Å². The minimum atomic E-state index is -0.0758. The van der Waals surface area contributed by atoms with E-state index in [4.69, 9.17) is 10.5 Å². The van der Waals surface area contributed by atoms with Crippen molar-refractivity contribution in [2.45, 2.75) is 18.9 Å². The average molecular weight is 249 g/mol. The van der Waals surface area contributed by atoms with Crippen LogP contribution in [0.1, 0.15) is 12.8 Å². The van der Waals surface area contributed by atoms with Crippen molar-refractivity contribution < 1.29 is 9.53 Å². The molecule has 1 fully saturated rings. The zero-order valence-corrected chi connectivity index (χ0v) is 10.6. The van der Waals surface area contributed by atoms with E-state index >= 15 is 0 Å². The van der Waals surface area contributed by atoms with Gasteiger partial charge in [0.05, 0.1) is 7.11 Å². The Bertz CT molecular complexity index is 405. The fraction of sp³-hybridized carbons (Fsp3) is 0.462. The Kier molecular flexibility index (Phi) is 4.04. The molecule has 2 amide bonds. The number of urea groups is 1. The Balaban J connectivity index is 1.97. The van der Waals surface area contributed by atoms with Crippen molar-refractivity contribution in [1.82, 2.24) is 4.90 Å². The van der Waals surface area contributed by atoms with E-state index in [1.165, 1.54) is 0 Å². The maximum atomic E-state index is 12.1. The molecule has 5 nitrogen and oxygen atoms in total. The topological polar surface area (TPSA) is 67.6 Å². The van der Waals surface area contributed by atoms with Crippen molar-refractivity contribution in [2.24, 2.45) is 5.73 Å². The number of ether oxygens (including phenoxy) is 1. The highest BCUT2D eigenvalue weighted by molar-refractivity contribution is 5.89. The number of rotatable bonds is 3. The van der Waals surface area contributed by atoms with Gasteiger partial charge in [0, 0.05) is 24.8 Å². The third-order valence-corrected chi connectivity index (χ3v) is 3.25. The van der Waals surface area contributed by atoms with E-state index in [1.807, 2.05) is 29.2 Å². The summed E-state index contributed by atoms with van der Waals surface area (Å²) in [7, 11) is 1.61. The van der Waals surface area contributed by atoms with Crippen LogP contribution >= 0.6 is 0 Å². The lowest BCUT2D eigenvalue weighted by Crippen LogP contribution is -2.42. The molecule has 0 aliphatic carbocycles. The summed E-state index contributed by atoms with van der Waals surface area (Å²) in [5.74, 6) is 0.772. The van der Waals surface area contributed by atoms with Gasteiger partial charge in [-0.3, -0.25) is 0 Å². The van der Waals surface area contributed by atoms with Crippen molar-refractivity contribution in [2.75, 3.05) is 25.5 Å². The van der Waals surface area contributed by atoms with Gasteiger partial charge in [-0.1, -0.05) is 0 Å². The number of anilines is 1. The molecule has 98 valence electrons. The highest BCUT2D eigenvalue weighted by Crippen LogP contribution is 2.19. The first-order valence-electron chi connectivity index (χ1n) is 6.16. The van der Waals surface area contributed by atoms with E-state index in [2.05, 4.69) is 5.32 Å². The molecule has 1 aliphatic heterocycles. The molecule has 1 heterocycles. The van der Waals surface area contributed by atoms with Crippen molar-refractivity contribution in [3.8, 4) is 5.75 Å². The minimum absolute atomic E-state index is 0.0758. The van der Waals surface area contributed by atoms with Gasteiger partial charge in [-0.15, -0.1) is 0 Å². The number of carbonyl (C=O) groups excluding carboxylic acids is 1. The summed E-state index contributed by atoms with van der Waals surface area (Å²) >= 11 is 0. The Labute approximate surface area is 107 Å². The average Bonchev–Trinajstić information content (AvgIpc) is 2.88. The maximum Gasteiger partial charge on any atom is 0.322 e. The first-order chi connectivity index (χ1) is 8.74. The molecule has 2 rings (SSSR count). The second-order valence-electron chi connectivity index (χ2n) is 4.38. The molecule has 1 unspecified atom stereocenters. The van der Waals surface area contributed by atoms with Gasteiger partial charge in [-0.05, 0) is 37.1 Å². The Morgan fingerprint density at radius 1 is 1.50 bits per heavy atom. The molecule has 18 heavy (non-hydrogen) atoms. The lowest BCUT2D eigenvalue weighted by molar-refractivity contribution is 0.208. The quantitative estimate of drug-likeness (QED) is 0.856. The summed E-state index contributed by atoms with van der Waals surface area (Å²) in [4.78, 5) is 13.9. The maximum absolute atomic E-state index is 12.1. The minimum Gasteiger partial charge on any atom is -0.497 e. The zero-order chi connectivity index (χ0) is 13.0. The van der Waals surface area contributed by atoms with Crippen LogP contribution in [-0.4, -0.2) is 37.2 Å². The second kappa shape index (κ2) is 5.73. The van der Waals surface area contributed by atoms with Crippen LogP contribution in [0, 0.1) is 0 Å². The smallest absolute Gasteiger partial charge is 0.322 e. The molecule has 3 N–H and O–H groups in total. The summed E-state index contributed by atoms with van der Waals surface area (Å²) in [5.41, 5.74) is 6.42. The summed E-state index contributed by atoms with van der Waals surface area (Å²) in [6, 6.07) is 7.38. The van der Waals surface area contributed by atoms with Crippen molar-refractivity contribution >= 4 is 11.7 Å². The van der Waals surface area contributed by atoms with Gasteiger partial charge in [-0.2, -0.15) is 0 Å². The summed E-state index contributed by atoms with van der Waals surface area (Å²) in [6.07, 6.45) is 2.02. The first kappa shape index (κ1) is 12.7. The fourth-order valence-corrected chi connectivity index (χ4v) is 2.22. The van der Waals surface area contributed by atoms with Crippen molar-refractivity contribution in [3.63, 3.8) is 0 Å². The fourth-order valence-electron chi connectivity index (χ4n) is 2.22. The van der Waals surface area contributed by atoms with E-state index in [-0.39, 0.29) is 12.1 Å². The predicted molar refractivity (Wildman–Crippen MR) is 70.8 cm³/mol. The van der Waals surface area contributed by atoms with E-state index in [0.717, 1.165) is 30.8 Å². The number of carbonyl (C=O) groups is 1. The van der Waals surface area contributed by atoms with Crippen LogP contribution < -0.4 is 15.8 Å². The summed E-state index contributed by atoms with van der Waals surface area (Å²) in [6.45, 7) is 1.31. The number of nitrogens with one attached hydrogen (secondary N) is 1. The van der Waals surface area contributed by atoms with Gasteiger partial charge < -0.3 is 20.7 Å². The largest absolute Gasteiger partial charge is 0.497 e. The molecule has 1 aromatic rings. The van der Waals surface area contributed by atoms with Crippen LogP contribution in [0.25, 0.3) is 0 Å². The molecular formula is C13H19N3O2. The number of likely N-dealkylation sites (tertiary alicyclic amines) is 1. The monoisotopic (exact) mass is 249 g/mol. The van der Waals surface area contributed by atoms with Crippen LogP contribution in [0.5, 0.6) is 5.75 Å². The van der Waals surface area contributed by atoms with Crippen LogP contribution in [0.3, 0.4) is 0 Å². The molecule has 1 aromatic carbocycles. The molecule has 1 atom stereocenters. The number of hydrogen-bond acceptors (Lipinski definition) is 3. The number of methoxy groups -OCH3 is 1. The Morgan fingerprint density at radius 3 is 2.83 bits per heavy atom. The molecular weight excluding hydrogens is 230 g/mol. The molecule has 1 saturated heterocycles. The Morgan fingerprint density at radius 2 is 2.22 bits per heavy atom. The molecule has 1 aliphatic rings. The molecule has 0 radical (unpaired) electrons. The zero-order valence-electron chi connectivity index (χ0n) is 10.6. The van der Waals surface area contributed by atoms with Gasteiger partial charge in [-0.25, -0.2) is 4.79 Å². The van der Waals surface area contributed by atoms with E-state index in [1.54, 1.807) is 7.11 Å². The highest BCUT2D eigenvalue weighted by atomic mass is 16.5. The summed E-state index contributed by atoms with van der Waals surface area (Å²) in [5, 5.41) is 2.88. The van der Waals surface area contributed by atoms with E-state index < -0.39 is 0 Å². The van der Waals surface area contributed by atoms with Crippen LogP contribution in [0.2, 0.25) is 0 Å². The van der Waals surface area contributed by atoms with Crippen molar-refractivity contribution in [1.29, 1.82) is 0 Å². The third kappa shape index (κ3) is 2.73. The molecule has 0 aromatic heterocycles. The second-order valence-corrected chi connectivity index (χ2v) is 4.38. The van der Waals surface area contributed by atoms with Crippen LogP contribution in [0.4, 0.5) is 10.5 Å². The summed E-state index contributed by atoms with van der Waals surface area (Å²) < 4.78 is 5.07. The standard InChI is InChI=1S/C13H19N3O2/c1-18-12-6-4-10(5-7-12)15-13(17)16-8-2-3-11(16)9-14/h4-7,11H,2-3,8-9,14H2,1H3,(H,15,17). The van der Waals surface area contributed by atoms with Gasteiger partial charge in [0.2, 0.25) is 0 Å². The molecule has 0 bridgehead atoms. The number of benzene rings is 1. The predicted octanol–water partition coefficient (Wildman–Crippen LogP) is 1.65. The normalized spacial score (nSPS) is 18.8. The highest BCUT2D eigenvalue weighted by Gasteiger charge is 2.27. The molecule has 0 saturated carbocycles. The van der Waals surface area contributed by atoms with Gasteiger partial charge in [0.25, 0.3) is 0 Å².